The summed E-state index contributed by atoms with van der Waals surface area (Å²) in [5, 5.41) is 10.4. The van der Waals surface area contributed by atoms with Gasteiger partial charge in [-0.15, -0.1) is 37.2 Å². The Labute approximate surface area is 186 Å². The normalized spacial score (nSPS) is 16.5. The van der Waals surface area contributed by atoms with E-state index in [9.17, 15) is 5.11 Å². The molecule has 0 spiro atoms. The average Bonchev–Trinajstić information content (AvgIpc) is 3.08. The molecule has 2 saturated heterocycles. The van der Waals surface area contributed by atoms with E-state index in [2.05, 4.69) is 57.2 Å². The molecule has 2 aliphatic rings. The lowest BCUT2D eigenvalue weighted by Crippen LogP contribution is -2.30. The number of phenolic OH excluding ortho intramolecular Hbond substituents is 1. The number of halogens is 3. The van der Waals surface area contributed by atoms with Gasteiger partial charge in [0.1, 0.15) is 5.75 Å². The van der Waals surface area contributed by atoms with Crippen molar-refractivity contribution in [2.45, 2.75) is 19.3 Å². The van der Waals surface area contributed by atoms with Gasteiger partial charge in [-0.05, 0) is 49.6 Å². The van der Waals surface area contributed by atoms with Gasteiger partial charge in [0.15, 0.2) is 0 Å². The van der Waals surface area contributed by atoms with Crippen molar-refractivity contribution in [2.24, 2.45) is 0 Å². The highest BCUT2D eigenvalue weighted by atomic mass is 35.5. The van der Waals surface area contributed by atoms with Gasteiger partial charge in [-0.1, -0.05) is 18.2 Å². The lowest BCUT2D eigenvalue weighted by atomic mass is 10.2. The van der Waals surface area contributed by atoms with Crippen LogP contribution in [-0.2, 0) is 0 Å². The Morgan fingerprint density at radius 3 is 1.86 bits per heavy atom. The summed E-state index contributed by atoms with van der Waals surface area (Å²) in [7, 11) is 0. The third-order valence-electron chi connectivity index (χ3n) is 5.39. The van der Waals surface area contributed by atoms with Crippen LogP contribution < -0.4 is 14.7 Å². The first-order valence-electron chi connectivity index (χ1n) is 9.44. The molecule has 0 bridgehead atoms. The topological polar surface area (TPSA) is 30.0 Å². The Morgan fingerprint density at radius 2 is 1.14 bits per heavy atom. The van der Waals surface area contributed by atoms with Crippen LogP contribution >= 0.6 is 37.2 Å². The SMILES string of the molecule is Cl.Cl.Cl.Oc1ccc(N2CCCC2)cc1N1CCCN(c2ccccc2)CC1. The van der Waals surface area contributed by atoms with Gasteiger partial charge in [-0.25, -0.2) is 0 Å². The summed E-state index contributed by atoms with van der Waals surface area (Å²) in [5.74, 6) is 0.399. The number of phenols is 1. The summed E-state index contributed by atoms with van der Waals surface area (Å²) < 4.78 is 0. The number of hydrogen-bond acceptors (Lipinski definition) is 4. The number of aromatic hydroxyl groups is 1. The van der Waals surface area contributed by atoms with Gasteiger partial charge < -0.3 is 19.8 Å². The lowest BCUT2D eigenvalue weighted by molar-refractivity contribution is 0.474. The minimum Gasteiger partial charge on any atom is -0.506 e. The number of benzene rings is 2. The second kappa shape index (κ2) is 11.5. The minimum absolute atomic E-state index is 0. The number of hydrogen-bond donors (Lipinski definition) is 1. The van der Waals surface area contributed by atoms with Gasteiger partial charge >= 0.3 is 0 Å². The largest absolute Gasteiger partial charge is 0.506 e. The zero-order valence-corrected chi connectivity index (χ0v) is 18.4. The molecule has 0 aliphatic carbocycles. The van der Waals surface area contributed by atoms with Crippen LogP contribution in [0.25, 0.3) is 0 Å². The quantitative estimate of drug-likeness (QED) is 0.720. The van der Waals surface area contributed by atoms with Crippen LogP contribution in [0.4, 0.5) is 17.1 Å². The van der Waals surface area contributed by atoms with E-state index in [1.54, 1.807) is 0 Å². The molecular weight excluding hydrogens is 417 g/mol. The van der Waals surface area contributed by atoms with Crippen molar-refractivity contribution in [1.82, 2.24) is 0 Å². The van der Waals surface area contributed by atoms with Crippen LogP contribution in [0.5, 0.6) is 5.75 Å². The van der Waals surface area contributed by atoms with Crippen molar-refractivity contribution in [3.8, 4) is 5.75 Å². The predicted molar refractivity (Wildman–Crippen MR) is 127 cm³/mol. The molecule has 0 aromatic heterocycles. The van der Waals surface area contributed by atoms with Crippen LogP contribution in [0, 0.1) is 0 Å². The molecule has 4 rings (SSSR count). The Balaban J connectivity index is 0.00000131. The first kappa shape index (κ1) is 24.5. The summed E-state index contributed by atoms with van der Waals surface area (Å²) in [5.41, 5.74) is 3.52. The first-order valence-corrected chi connectivity index (χ1v) is 9.44. The van der Waals surface area contributed by atoms with E-state index in [1.807, 2.05) is 6.07 Å². The molecular formula is C21H30Cl3N3O. The Hall–Kier alpha value is -1.49. The summed E-state index contributed by atoms with van der Waals surface area (Å²) in [6.07, 6.45) is 3.64. The molecule has 2 heterocycles. The van der Waals surface area contributed by atoms with Crippen LogP contribution in [-0.4, -0.2) is 44.4 Å². The molecule has 7 heteroatoms. The molecule has 2 fully saturated rings. The standard InChI is InChI=1S/C21H27N3O.3ClH/c25-21-10-9-19(22-11-4-5-12-22)17-20(21)24-14-6-13-23(15-16-24)18-7-2-1-3-8-18;;;/h1-3,7-10,17,25H,4-6,11-16H2;3*1H. The van der Waals surface area contributed by atoms with Crippen molar-refractivity contribution < 1.29 is 5.11 Å². The van der Waals surface area contributed by atoms with Crippen LogP contribution in [0.1, 0.15) is 19.3 Å². The highest BCUT2D eigenvalue weighted by Gasteiger charge is 2.20. The summed E-state index contributed by atoms with van der Waals surface area (Å²) in [6, 6.07) is 16.7. The van der Waals surface area contributed by atoms with E-state index in [0.29, 0.717) is 5.75 Å². The highest BCUT2D eigenvalue weighted by Crippen LogP contribution is 2.34. The Kier molecular flexibility index (Phi) is 10.1. The van der Waals surface area contributed by atoms with Crippen LogP contribution in [0.2, 0.25) is 0 Å². The molecule has 2 aromatic rings. The molecule has 0 radical (unpaired) electrons. The molecule has 0 atom stereocenters. The van der Waals surface area contributed by atoms with Crippen molar-refractivity contribution in [2.75, 3.05) is 54.0 Å². The zero-order chi connectivity index (χ0) is 17.1. The summed E-state index contributed by atoms with van der Waals surface area (Å²) in [4.78, 5) is 7.22. The van der Waals surface area contributed by atoms with E-state index in [1.165, 1.54) is 24.2 Å². The second-order valence-electron chi connectivity index (χ2n) is 7.03. The van der Waals surface area contributed by atoms with E-state index in [4.69, 9.17) is 0 Å². The molecule has 4 nitrogen and oxygen atoms in total. The summed E-state index contributed by atoms with van der Waals surface area (Å²) in [6.45, 7) is 6.23. The molecule has 2 aromatic carbocycles. The van der Waals surface area contributed by atoms with Crippen LogP contribution in [0.15, 0.2) is 48.5 Å². The number of para-hydroxylation sites is 1. The fraction of sp³-hybridized carbons (Fsp3) is 0.429. The smallest absolute Gasteiger partial charge is 0.139 e. The van der Waals surface area contributed by atoms with E-state index in [0.717, 1.165) is 51.4 Å². The van der Waals surface area contributed by atoms with E-state index in [-0.39, 0.29) is 37.2 Å². The zero-order valence-electron chi connectivity index (χ0n) is 16.0. The number of anilines is 3. The van der Waals surface area contributed by atoms with E-state index >= 15 is 0 Å². The van der Waals surface area contributed by atoms with Crippen LogP contribution in [0.3, 0.4) is 0 Å². The van der Waals surface area contributed by atoms with Crippen molar-refractivity contribution in [3.05, 3.63) is 48.5 Å². The maximum absolute atomic E-state index is 10.4. The van der Waals surface area contributed by atoms with Gasteiger partial charge in [-0.3, -0.25) is 0 Å². The fourth-order valence-corrected chi connectivity index (χ4v) is 3.99. The van der Waals surface area contributed by atoms with Crippen molar-refractivity contribution >= 4 is 54.3 Å². The van der Waals surface area contributed by atoms with Gasteiger partial charge in [0.25, 0.3) is 0 Å². The number of nitrogens with zero attached hydrogens (tertiary/aromatic N) is 3. The molecule has 2 aliphatic heterocycles. The fourth-order valence-electron chi connectivity index (χ4n) is 3.99. The lowest BCUT2D eigenvalue weighted by Gasteiger charge is -2.27. The Morgan fingerprint density at radius 1 is 0.571 bits per heavy atom. The summed E-state index contributed by atoms with van der Waals surface area (Å²) >= 11 is 0. The molecule has 28 heavy (non-hydrogen) atoms. The van der Waals surface area contributed by atoms with E-state index < -0.39 is 0 Å². The second-order valence-corrected chi connectivity index (χ2v) is 7.03. The maximum atomic E-state index is 10.4. The van der Waals surface area contributed by atoms with Gasteiger partial charge in [0, 0.05) is 50.6 Å². The average molecular weight is 447 g/mol. The molecule has 0 saturated carbocycles. The highest BCUT2D eigenvalue weighted by molar-refractivity contribution is 5.86. The predicted octanol–water partition coefficient (Wildman–Crippen LogP) is 4.97. The van der Waals surface area contributed by atoms with Gasteiger partial charge in [-0.2, -0.15) is 0 Å². The molecule has 0 amide bonds. The number of rotatable bonds is 3. The Bertz CT molecular complexity index is 711. The third kappa shape index (κ3) is 5.53. The molecule has 1 N–H and O–H groups in total. The van der Waals surface area contributed by atoms with Gasteiger partial charge in [0.2, 0.25) is 0 Å². The minimum atomic E-state index is 0. The monoisotopic (exact) mass is 445 g/mol. The maximum Gasteiger partial charge on any atom is 0.139 e. The van der Waals surface area contributed by atoms with Gasteiger partial charge in [0.05, 0.1) is 5.69 Å². The molecule has 156 valence electrons. The van der Waals surface area contributed by atoms with Crippen molar-refractivity contribution in [3.63, 3.8) is 0 Å². The molecule has 0 unspecified atom stereocenters. The van der Waals surface area contributed by atoms with Crippen molar-refractivity contribution in [1.29, 1.82) is 0 Å². The first-order chi connectivity index (χ1) is 12.3. The third-order valence-corrected chi connectivity index (χ3v) is 5.39.